The molecule has 0 bridgehead atoms. The SMILES string of the molecule is CC1(C)CC1CNC(=O)c1csc(C#CCO)c1. The molecule has 0 radical (unpaired) electrons. The molecule has 18 heavy (non-hydrogen) atoms. The molecule has 4 heteroatoms. The molecule has 1 fully saturated rings. The molecule has 2 rings (SSSR count). The molecule has 0 spiro atoms. The third-order valence-electron chi connectivity index (χ3n) is 3.38. The fraction of sp³-hybridized carbons (Fsp3) is 0.500. The molecule has 1 atom stereocenters. The predicted molar refractivity (Wildman–Crippen MR) is 72.5 cm³/mol. The summed E-state index contributed by atoms with van der Waals surface area (Å²) in [5.74, 6) is 5.94. The van der Waals surface area contributed by atoms with Crippen LogP contribution in [0.4, 0.5) is 0 Å². The van der Waals surface area contributed by atoms with Crippen LogP contribution < -0.4 is 5.32 Å². The summed E-state index contributed by atoms with van der Waals surface area (Å²) in [6, 6.07) is 1.76. The molecule has 3 nitrogen and oxygen atoms in total. The van der Waals surface area contributed by atoms with E-state index in [4.69, 9.17) is 5.11 Å². The zero-order valence-corrected chi connectivity index (χ0v) is 11.4. The maximum absolute atomic E-state index is 11.9. The number of hydrogen-bond acceptors (Lipinski definition) is 3. The van der Waals surface area contributed by atoms with Gasteiger partial charge in [-0.15, -0.1) is 11.3 Å². The van der Waals surface area contributed by atoms with Crippen LogP contribution in [0.25, 0.3) is 0 Å². The van der Waals surface area contributed by atoms with Crippen molar-refractivity contribution in [1.82, 2.24) is 5.32 Å². The lowest BCUT2D eigenvalue weighted by Crippen LogP contribution is -2.26. The average Bonchev–Trinajstić information content (AvgIpc) is 2.77. The largest absolute Gasteiger partial charge is 0.384 e. The molecule has 1 unspecified atom stereocenters. The molecule has 1 aromatic rings. The molecule has 0 saturated heterocycles. The van der Waals surface area contributed by atoms with Crippen molar-refractivity contribution in [2.24, 2.45) is 11.3 Å². The summed E-state index contributed by atoms with van der Waals surface area (Å²) in [6.07, 6.45) is 1.18. The summed E-state index contributed by atoms with van der Waals surface area (Å²) >= 11 is 1.42. The summed E-state index contributed by atoms with van der Waals surface area (Å²) in [7, 11) is 0. The van der Waals surface area contributed by atoms with E-state index in [1.807, 2.05) is 0 Å². The Morgan fingerprint density at radius 2 is 2.39 bits per heavy atom. The van der Waals surface area contributed by atoms with Crippen molar-refractivity contribution in [3.05, 3.63) is 21.9 Å². The van der Waals surface area contributed by atoms with Gasteiger partial charge < -0.3 is 10.4 Å². The lowest BCUT2D eigenvalue weighted by molar-refractivity contribution is 0.0951. The molecule has 0 aromatic carbocycles. The van der Waals surface area contributed by atoms with E-state index in [2.05, 4.69) is 31.0 Å². The van der Waals surface area contributed by atoms with Crippen LogP contribution in [0.3, 0.4) is 0 Å². The summed E-state index contributed by atoms with van der Waals surface area (Å²) in [4.78, 5) is 12.7. The molecular weight excluding hydrogens is 246 g/mol. The number of carbonyl (C=O) groups is 1. The minimum Gasteiger partial charge on any atom is -0.384 e. The molecule has 1 heterocycles. The number of nitrogens with one attached hydrogen (secondary N) is 1. The van der Waals surface area contributed by atoms with E-state index in [9.17, 15) is 4.79 Å². The molecule has 1 aliphatic rings. The number of carbonyl (C=O) groups excluding carboxylic acids is 1. The number of hydrogen-bond donors (Lipinski definition) is 2. The van der Waals surface area contributed by atoms with Crippen LogP contribution in [0.15, 0.2) is 11.4 Å². The van der Waals surface area contributed by atoms with Gasteiger partial charge in [0, 0.05) is 11.9 Å². The van der Waals surface area contributed by atoms with Crippen molar-refractivity contribution in [2.45, 2.75) is 20.3 Å². The van der Waals surface area contributed by atoms with E-state index in [1.54, 1.807) is 11.4 Å². The predicted octanol–water partition coefficient (Wildman–Crippen LogP) is 1.87. The van der Waals surface area contributed by atoms with Crippen LogP contribution in [0.2, 0.25) is 0 Å². The Morgan fingerprint density at radius 3 is 3.00 bits per heavy atom. The highest BCUT2D eigenvalue weighted by atomic mass is 32.1. The monoisotopic (exact) mass is 263 g/mol. The van der Waals surface area contributed by atoms with Gasteiger partial charge in [0.25, 0.3) is 5.91 Å². The van der Waals surface area contributed by atoms with Crippen molar-refractivity contribution in [1.29, 1.82) is 0 Å². The quantitative estimate of drug-likeness (QED) is 0.818. The van der Waals surface area contributed by atoms with Crippen molar-refractivity contribution in [2.75, 3.05) is 13.2 Å². The number of amides is 1. The normalized spacial score (nSPS) is 19.8. The van der Waals surface area contributed by atoms with Gasteiger partial charge in [0.2, 0.25) is 0 Å². The molecule has 1 saturated carbocycles. The molecule has 96 valence electrons. The van der Waals surface area contributed by atoms with Crippen molar-refractivity contribution >= 4 is 17.2 Å². The van der Waals surface area contributed by atoms with Gasteiger partial charge >= 0.3 is 0 Å². The first-order valence-electron chi connectivity index (χ1n) is 5.99. The lowest BCUT2D eigenvalue weighted by atomic mass is 10.1. The van der Waals surface area contributed by atoms with E-state index in [0.717, 1.165) is 11.4 Å². The van der Waals surface area contributed by atoms with Crippen LogP contribution in [0, 0.1) is 23.2 Å². The first kappa shape index (κ1) is 13.1. The highest BCUT2D eigenvalue weighted by molar-refractivity contribution is 7.10. The smallest absolute Gasteiger partial charge is 0.252 e. The second-order valence-electron chi connectivity index (χ2n) is 5.26. The van der Waals surface area contributed by atoms with E-state index in [-0.39, 0.29) is 12.5 Å². The Labute approximate surface area is 111 Å². The molecule has 1 aromatic heterocycles. The molecule has 2 N–H and O–H groups in total. The number of aliphatic hydroxyl groups is 1. The number of thiophene rings is 1. The Balaban J connectivity index is 1.87. The highest BCUT2D eigenvalue weighted by Crippen LogP contribution is 2.50. The standard InChI is InChI=1S/C14H17NO2S/c1-14(2)7-11(14)8-15-13(17)10-6-12(18-9-10)4-3-5-16/h6,9,11,16H,5,7-8H2,1-2H3,(H,15,17). The molecule has 1 amide bonds. The van der Waals surface area contributed by atoms with Crippen LogP contribution in [-0.4, -0.2) is 24.2 Å². The number of aliphatic hydroxyl groups excluding tert-OH is 1. The summed E-state index contributed by atoms with van der Waals surface area (Å²) < 4.78 is 0. The maximum atomic E-state index is 11.9. The van der Waals surface area contributed by atoms with Crippen LogP contribution in [0.5, 0.6) is 0 Å². The minimum absolute atomic E-state index is 0.0361. The lowest BCUT2D eigenvalue weighted by Gasteiger charge is -2.04. The summed E-state index contributed by atoms with van der Waals surface area (Å²) in [5, 5.41) is 13.4. The van der Waals surface area contributed by atoms with Gasteiger partial charge in [-0.05, 0) is 23.8 Å². The molecule has 1 aliphatic carbocycles. The van der Waals surface area contributed by atoms with Gasteiger partial charge in [-0.2, -0.15) is 0 Å². The van der Waals surface area contributed by atoms with Crippen LogP contribution in [0.1, 0.15) is 35.5 Å². The fourth-order valence-electron chi connectivity index (χ4n) is 1.89. The van der Waals surface area contributed by atoms with Gasteiger partial charge in [-0.1, -0.05) is 25.7 Å². The molecule has 0 aliphatic heterocycles. The van der Waals surface area contributed by atoms with Crippen LogP contribution in [-0.2, 0) is 0 Å². The van der Waals surface area contributed by atoms with E-state index in [1.165, 1.54) is 17.8 Å². The Bertz CT molecular complexity index is 507. The average molecular weight is 263 g/mol. The maximum Gasteiger partial charge on any atom is 0.252 e. The zero-order chi connectivity index (χ0) is 13.2. The van der Waals surface area contributed by atoms with Gasteiger partial charge in [0.15, 0.2) is 0 Å². The zero-order valence-electron chi connectivity index (χ0n) is 10.6. The second-order valence-corrected chi connectivity index (χ2v) is 6.17. The minimum atomic E-state index is -0.157. The van der Waals surface area contributed by atoms with Gasteiger partial charge in [0.05, 0.1) is 10.4 Å². The van der Waals surface area contributed by atoms with Crippen molar-refractivity contribution in [3.63, 3.8) is 0 Å². The van der Waals surface area contributed by atoms with Crippen molar-refractivity contribution in [3.8, 4) is 11.8 Å². The van der Waals surface area contributed by atoms with E-state index in [0.29, 0.717) is 16.9 Å². The Hall–Kier alpha value is -1.31. The van der Waals surface area contributed by atoms with E-state index < -0.39 is 0 Å². The Kier molecular flexibility index (Phi) is 3.74. The van der Waals surface area contributed by atoms with Gasteiger partial charge in [-0.25, -0.2) is 0 Å². The third-order valence-corrected chi connectivity index (χ3v) is 4.22. The Morgan fingerprint density at radius 1 is 1.67 bits per heavy atom. The first-order chi connectivity index (χ1) is 8.53. The van der Waals surface area contributed by atoms with Gasteiger partial charge in [0.1, 0.15) is 6.61 Å². The summed E-state index contributed by atoms with van der Waals surface area (Å²) in [5.41, 5.74) is 1.04. The third kappa shape index (κ3) is 3.12. The summed E-state index contributed by atoms with van der Waals surface area (Å²) in [6.45, 7) is 5.03. The van der Waals surface area contributed by atoms with Crippen LogP contribution >= 0.6 is 11.3 Å². The van der Waals surface area contributed by atoms with Crippen molar-refractivity contribution < 1.29 is 9.90 Å². The second kappa shape index (κ2) is 5.13. The molecular formula is C14H17NO2S. The highest BCUT2D eigenvalue weighted by Gasteiger charge is 2.45. The topological polar surface area (TPSA) is 49.3 Å². The number of rotatable bonds is 3. The van der Waals surface area contributed by atoms with E-state index >= 15 is 0 Å². The first-order valence-corrected chi connectivity index (χ1v) is 6.87. The van der Waals surface area contributed by atoms with Gasteiger partial charge in [-0.3, -0.25) is 4.79 Å². The fourth-order valence-corrected chi connectivity index (χ4v) is 2.65.